The number of aliphatic imine (C=N–C) groups is 1. The number of hydrogen-bond acceptors (Lipinski definition) is 3. The highest BCUT2D eigenvalue weighted by Gasteiger charge is 2.22. The Hall–Kier alpha value is -2.10. The average Bonchev–Trinajstić information content (AvgIpc) is 3.26. The second kappa shape index (κ2) is 11.5. The number of aryl methyl sites for hydroxylation is 2. The number of carbonyl (C=O) groups excluding carboxylic acids is 1. The van der Waals surface area contributed by atoms with E-state index in [0.29, 0.717) is 13.0 Å². The Morgan fingerprint density at radius 1 is 1.23 bits per heavy atom. The lowest BCUT2D eigenvalue weighted by atomic mass is 10.1. The fourth-order valence-electron chi connectivity index (χ4n) is 4.01. The van der Waals surface area contributed by atoms with Gasteiger partial charge in [-0.1, -0.05) is 24.3 Å². The lowest BCUT2D eigenvalue weighted by Gasteiger charge is -2.19. The van der Waals surface area contributed by atoms with E-state index in [0.717, 1.165) is 37.6 Å². The van der Waals surface area contributed by atoms with E-state index in [9.17, 15) is 4.79 Å². The Labute approximate surface area is 202 Å². The van der Waals surface area contributed by atoms with Crippen LogP contribution in [0, 0.1) is 13.8 Å². The fraction of sp³-hybridized carbons (Fsp3) is 0.522. The molecule has 31 heavy (non-hydrogen) atoms. The maximum Gasteiger partial charge on any atom is 0.223 e. The molecule has 8 heteroatoms. The van der Waals surface area contributed by atoms with E-state index in [4.69, 9.17) is 0 Å². The summed E-state index contributed by atoms with van der Waals surface area (Å²) in [5.74, 6) is 0.981. The molecule has 3 rings (SSSR count). The first-order chi connectivity index (χ1) is 14.4. The van der Waals surface area contributed by atoms with Crippen molar-refractivity contribution in [3.63, 3.8) is 0 Å². The number of hydrogen-bond donors (Lipinski definition) is 2. The van der Waals surface area contributed by atoms with E-state index in [-0.39, 0.29) is 35.9 Å². The molecule has 2 heterocycles. The number of nitrogens with one attached hydrogen (secondary N) is 2. The molecule has 1 aromatic heterocycles. The minimum absolute atomic E-state index is 0. The van der Waals surface area contributed by atoms with Crippen molar-refractivity contribution < 1.29 is 4.79 Å². The minimum atomic E-state index is 0. The van der Waals surface area contributed by atoms with E-state index in [2.05, 4.69) is 53.6 Å². The summed E-state index contributed by atoms with van der Waals surface area (Å²) < 4.78 is 1.93. The van der Waals surface area contributed by atoms with E-state index in [1.807, 2.05) is 28.8 Å². The van der Waals surface area contributed by atoms with Crippen molar-refractivity contribution in [2.75, 3.05) is 13.6 Å². The molecule has 1 aliphatic heterocycles. The van der Waals surface area contributed by atoms with Crippen molar-refractivity contribution in [2.24, 2.45) is 12.0 Å². The second-order valence-electron chi connectivity index (χ2n) is 8.14. The summed E-state index contributed by atoms with van der Waals surface area (Å²) in [6, 6.07) is 8.51. The van der Waals surface area contributed by atoms with Gasteiger partial charge in [0.15, 0.2) is 5.96 Å². The molecule has 1 amide bonds. The normalized spacial score (nSPS) is 14.1. The van der Waals surface area contributed by atoms with Crippen LogP contribution in [0.3, 0.4) is 0 Å². The third-order valence-electron chi connectivity index (χ3n) is 5.83. The van der Waals surface area contributed by atoms with E-state index < -0.39 is 0 Å². The van der Waals surface area contributed by atoms with Crippen LogP contribution in [-0.4, -0.2) is 46.2 Å². The number of guanidine groups is 1. The van der Waals surface area contributed by atoms with Crippen molar-refractivity contribution in [1.82, 2.24) is 25.3 Å². The summed E-state index contributed by atoms with van der Waals surface area (Å²) in [5.41, 5.74) is 6.09. The van der Waals surface area contributed by atoms with Crippen LogP contribution in [0.5, 0.6) is 0 Å². The Bertz CT molecular complexity index is 898. The third-order valence-corrected chi connectivity index (χ3v) is 5.83. The molecule has 1 unspecified atom stereocenters. The zero-order valence-electron chi connectivity index (χ0n) is 19.2. The Morgan fingerprint density at radius 2 is 1.87 bits per heavy atom. The molecule has 170 valence electrons. The van der Waals surface area contributed by atoms with Crippen LogP contribution in [0.1, 0.15) is 47.8 Å². The molecule has 0 radical (unpaired) electrons. The SMILES string of the molecule is CN=C(NCCCC(=O)N1Cc2ccccc2C1)NC(C)Cc1c(C)nn(C)c1C.I. The highest BCUT2D eigenvalue weighted by Crippen LogP contribution is 2.22. The van der Waals surface area contributed by atoms with E-state index >= 15 is 0 Å². The summed E-state index contributed by atoms with van der Waals surface area (Å²) >= 11 is 0. The molecule has 0 spiro atoms. The molecule has 1 aliphatic rings. The number of carbonyl (C=O) groups is 1. The van der Waals surface area contributed by atoms with Gasteiger partial charge in [-0.05, 0) is 50.3 Å². The van der Waals surface area contributed by atoms with Crippen LogP contribution in [0.25, 0.3) is 0 Å². The lowest BCUT2D eigenvalue weighted by molar-refractivity contribution is -0.131. The molecule has 2 N–H and O–H groups in total. The van der Waals surface area contributed by atoms with Crippen LogP contribution in [0.4, 0.5) is 0 Å². The van der Waals surface area contributed by atoms with Gasteiger partial charge in [-0.15, -0.1) is 24.0 Å². The highest BCUT2D eigenvalue weighted by molar-refractivity contribution is 14.0. The molecule has 0 saturated carbocycles. The highest BCUT2D eigenvalue weighted by atomic mass is 127. The largest absolute Gasteiger partial charge is 0.356 e. The second-order valence-corrected chi connectivity index (χ2v) is 8.14. The molecule has 1 aromatic carbocycles. The van der Waals surface area contributed by atoms with Crippen LogP contribution >= 0.6 is 24.0 Å². The smallest absolute Gasteiger partial charge is 0.223 e. The van der Waals surface area contributed by atoms with Crippen LogP contribution in [0.2, 0.25) is 0 Å². The predicted molar refractivity (Wildman–Crippen MR) is 136 cm³/mol. The maximum atomic E-state index is 12.5. The molecule has 2 aromatic rings. The number of amides is 1. The first kappa shape index (κ1) is 25.2. The lowest BCUT2D eigenvalue weighted by Crippen LogP contribution is -2.43. The number of benzene rings is 1. The molecular weight excluding hydrogens is 503 g/mol. The van der Waals surface area contributed by atoms with Gasteiger partial charge in [-0.3, -0.25) is 14.5 Å². The number of rotatable bonds is 7. The van der Waals surface area contributed by atoms with Crippen LogP contribution < -0.4 is 10.6 Å². The van der Waals surface area contributed by atoms with Gasteiger partial charge >= 0.3 is 0 Å². The van der Waals surface area contributed by atoms with Gasteiger partial charge in [-0.25, -0.2) is 0 Å². The van der Waals surface area contributed by atoms with Crippen molar-refractivity contribution in [3.05, 3.63) is 52.3 Å². The van der Waals surface area contributed by atoms with Crippen molar-refractivity contribution in [3.8, 4) is 0 Å². The average molecular weight is 538 g/mol. The summed E-state index contributed by atoms with van der Waals surface area (Å²) in [6.07, 6.45) is 2.21. The number of fused-ring (bicyclic) bond motifs is 1. The molecule has 0 aliphatic carbocycles. The first-order valence-electron chi connectivity index (χ1n) is 10.7. The van der Waals surface area contributed by atoms with Crippen molar-refractivity contribution in [1.29, 1.82) is 0 Å². The standard InChI is InChI=1S/C23H34N6O.HI/c1-16(13-21-17(2)27-28(5)18(21)3)26-23(24-4)25-12-8-11-22(30)29-14-19-9-6-7-10-20(19)15-29;/h6-7,9-10,16H,8,11-15H2,1-5H3,(H2,24,25,26);1H. The summed E-state index contributed by atoms with van der Waals surface area (Å²) in [7, 11) is 3.75. The van der Waals surface area contributed by atoms with Gasteiger partial charge in [-0.2, -0.15) is 5.10 Å². The van der Waals surface area contributed by atoms with Gasteiger partial charge in [0.2, 0.25) is 5.91 Å². The number of halogens is 1. The summed E-state index contributed by atoms with van der Waals surface area (Å²) in [6.45, 7) is 8.48. The van der Waals surface area contributed by atoms with Crippen molar-refractivity contribution >= 4 is 35.8 Å². The van der Waals surface area contributed by atoms with Gasteiger partial charge in [0.05, 0.1) is 5.69 Å². The fourth-order valence-corrected chi connectivity index (χ4v) is 4.01. The van der Waals surface area contributed by atoms with Crippen LogP contribution in [0.15, 0.2) is 29.3 Å². The molecule has 0 bridgehead atoms. The quantitative estimate of drug-likeness (QED) is 0.246. The van der Waals surface area contributed by atoms with Crippen molar-refractivity contribution in [2.45, 2.75) is 59.2 Å². The van der Waals surface area contributed by atoms with E-state index in [1.54, 1.807) is 7.05 Å². The number of nitrogens with zero attached hydrogens (tertiary/aromatic N) is 4. The Kier molecular flexibility index (Phi) is 9.33. The molecular formula is C23H35IN6O. The Balaban J connectivity index is 0.00000341. The Morgan fingerprint density at radius 3 is 2.42 bits per heavy atom. The molecule has 0 saturated heterocycles. The zero-order valence-corrected chi connectivity index (χ0v) is 21.6. The van der Waals surface area contributed by atoms with Gasteiger partial charge in [0.1, 0.15) is 0 Å². The first-order valence-corrected chi connectivity index (χ1v) is 10.7. The van der Waals surface area contributed by atoms with E-state index in [1.165, 1.54) is 22.4 Å². The summed E-state index contributed by atoms with van der Waals surface area (Å²) in [5, 5.41) is 11.3. The predicted octanol–water partition coefficient (Wildman–Crippen LogP) is 3.07. The summed E-state index contributed by atoms with van der Waals surface area (Å²) in [4.78, 5) is 18.8. The van der Waals surface area contributed by atoms with Crippen LogP contribution in [-0.2, 0) is 31.4 Å². The number of aromatic nitrogens is 2. The topological polar surface area (TPSA) is 74.6 Å². The third kappa shape index (κ3) is 6.44. The molecule has 7 nitrogen and oxygen atoms in total. The maximum absolute atomic E-state index is 12.5. The van der Waals surface area contributed by atoms with Gasteiger partial charge in [0, 0.05) is 51.9 Å². The minimum Gasteiger partial charge on any atom is -0.356 e. The molecule has 1 atom stereocenters. The van der Waals surface area contributed by atoms with Gasteiger partial charge in [0.25, 0.3) is 0 Å². The molecule has 0 fully saturated rings. The monoisotopic (exact) mass is 538 g/mol. The van der Waals surface area contributed by atoms with Gasteiger partial charge < -0.3 is 15.5 Å². The zero-order chi connectivity index (χ0) is 21.7.